The van der Waals surface area contributed by atoms with Gasteiger partial charge in [0.15, 0.2) is 0 Å². The second-order valence-corrected chi connectivity index (χ2v) is 5.66. The number of hydrogen-bond donors (Lipinski definition) is 1. The van der Waals surface area contributed by atoms with Crippen LogP contribution in [0.2, 0.25) is 0 Å². The monoisotopic (exact) mass is 226 g/mol. The molecule has 0 spiro atoms. The summed E-state index contributed by atoms with van der Waals surface area (Å²) in [6.45, 7) is 1.04. The Labute approximate surface area is 89.7 Å². The summed E-state index contributed by atoms with van der Waals surface area (Å²) in [5, 5.41) is 0. The van der Waals surface area contributed by atoms with E-state index in [1.807, 2.05) is 18.2 Å². The van der Waals surface area contributed by atoms with Crippen LogP contribution in [0, 0.1) is 0 Å². The maximum atomic E-state index is 11.5. The predicted molar refractivity (Wildman–Crippen MR) is 60.2 cm³/mol. The topological polar surface area (TPSA) is 63.4 Å². The van der Waals surface area contributed by atoms with E-state index in [-0.39, 0.29) is 0 Å². The highest BCUT2D eigenvalue weighted by Gasteiger charge is 2.25. The van der Waals surface area contributed by atoms with E-state index in [1.54, 1.807) is 0 Å². The number of anilines is 1. The molecular formula is C10H14N2O2S. The van der Waals surface area contributed by atoms with Crippen LogP contribution in [0.4, 0.5) is 5.69 Å². The minimum atomic E-state index is -3.13. The Kier molecular flexibility index (Phi) is 2.44. The maximum Gasteiger partial charge on any atom is 0.232 e. The molecule has 0 fully saturated rings. The van der Waals surface area contributed by atoms with E-state index in [0.29, 0.717) is 13.1 Å². The van der Waals surface area contributed by atoms with Crippen molar-refractivity contribution in [2.75, 3.05) is 17.1 Å². The molecule has 0 saturated carbocycles. The lowest BCUT2D eigenvalue weighted by atomic mass is 10.1. The number of nitrogens with two attached hydrogens (primary N) is 1. The number of hydrogen-bond acceptors (Lipinski definition) is 3. The number of fused-ring (bicyclic) bond motifs is 1. The van der Waals surface area contributed by atoms with Gasteiger partial charge in [0.2, 0.25) is 10.0 Å². The van der Waals surface area contributed by atoms with Gasteiger partial charge in [0.25, 0.3) is 0 Å². The zero-order valence-electron chi connectivity index (χ0n) is 8.60. The van der Waals surface area contributed by atoms with E-state index in [9.17, 15) is 8.42 Å². The van der Waals surface area contributed by atoms with Gasteiger partial charge in [0, 0.05) is 13.1 Å². The first kappa shape index (κ1) is 10.4. The fourth-order valence-corrected chi connectivity index (χ4v) is 2.85. The second-order valence-electron chi connectivity index (χ2n) is 3.75. The Morgan fingerprint density at radius 1 is 1.47 bits per heavy atom. The van der Waals surface area contributed by atoms with Gasteiger partial charge in [-0.1, -0.05) is 12.1 Å². The molecule has 82 valence electrons. The van der Waals surface area contributed by atoms with Crippen LogP contribution in [0.1, 0.15) is 11.1 Å². The number of rotatable bonds is 2. The Balaban J connectivity index is 2.45. The largest absolute Gasteiger partial charge is 0.326 e. The van der Waals surface area contributed by atoms with Crippen molar-refractivity contribution in [3.63, 3.8) is 0 Å². The first-order chi connectivity index (χ1) is 7.02. The van der Waals surface area contributed by atoms with Gasteiger partial charge >= 0.3 is 0 Å². The molecule has 4 nitrogen and oxygen atoms in total. The summed E-state index contributed by atoms with van der Waals surface area (Å²) in [5.41, 5.74) is 8.45. The quantitative estimate of drug-likeness (QED) is 0.797. The highest BCUT2D eigenvalue weighted by molar-refractivity contribution is 7.92. The zero-order valence-corrected chi connectivity index (χ0v) is 9.42. The van der Waals surface area contributed by atoms with Gasteiger partial charge in [-0.25, -0.2) is 8.42 Å². The van der Waals surface area contributed by atoms with Gasteiger partial charge in [-0.3, -0.25) is 4.31 Å². The summed E-state index contributed by atoms with van der Waals surface area (Å²) < 4.78 is 24.4. The Bertz CT molecular complexity index is 482. The third-order valence-corrected chi connectivity index (χ3v) is 3.81. The van der Waals surface area contributed by atoms with Crippen LogP contribution in [0.15, 0.2) is 18.2 Å². The first-order valence-corrected chi connectivity index (χ1v) is 6.67. The molecule has 1 aromatic rings. The van der Waals surface area contributed by atoms with Crippen LogP contribution in [0.25, 0.3) is 0 Å². The summed E-state index contributed by atoms with van der Waals surface area (Å²) >= 11 is 0. The lowest BCUT2D eigenvalue weighted by Gasteiger charge is -2.16. The van der Waals surface area contributed by atoms with Gasteiger partial charge in [-0.2, -0.15) is 0 Å². The maximum absolute atomic E-state index is 11.5. The smallest absolute Gasteiger partial charge is 0.232 e. The van der Waals surface area contributed by atoms with Gasteiger partial charge in [-0.15, -0.1) is 0 Å². The van der Waals surface area contributed by atoms with Crippen LogP contribution in [0.3, 0.4) is 0 Å². The van der Waals surface area contributed by atoms with E-state index in [2.05, 4.69) is 0 Å². The van der Waals surface area contributed by atoms with Gasteiger partial charge in [0.05, 0.1) is 11.9 Å². The molecule has 1 aliphatic rings. The molecule has 0 saturated heterocycles. The highest BCUT2D eigenvalue weighted by atomic mass is 32.2. The average Bonchev–Trinajstić information content (AvgIpc) is 2.59. The van der Waals surface area contributed by atoms with Crippen molar-refractivity contribution in [3.8, 4) is 0 Å². The SMILES string of the molecule is CS(=O)(=O)N1CCc2cc(CN)ccc21. The van der Waals surface area contributed by atoms with Crippen molar-refractivity contribution in [2.24, 2.45) is 5.73 Å². The van der Waals surface area contributed by atoms with Crippen LogP contribution < -0.4 is 10.0 Å². The van der Waals surface area contributed by atoms with Crippen molar-refractivity contribution in [3.05, 3.63) is 29.3 Å². The molecule has 0 radical (unpaired) electrons. The van der Waals surface area contributed by atoms with Crippen molar-refractivity contribution in [2.45, 2.75) is 13.0 Å². The molecular weight excluding hydrogens is 212 g/mol. The summed E-state index contributed by atoms with van der Waals surface area (Å²) in [7, 11) is -3.13. The Morgan fingerprint density at radius 2 is 2.20 bits per heavy atom. The van der Waals surface area contributed by atoms with Crippen LogP contribution in [-0.4, -0.2) is 21.2 Å². The molecule has 0 amide bonds. The summed E-state index contributed by atoms with van der Waals surface area (Å²) in [6.07, 6.45) is 2.01. The zero-order chi connectivity index (χ0) is 11.1. The van der Waals surface area contributed by atoms with E-state index in [1.165, 1.54) is 10.6 Å². The molecule has 0 aliphatic carbocycles. The lowest BCUT2D eigenvalue weighted by molar-refractivity contribution is 0.598. The van der Waals surface area contributed by atoms with Gasteiger partial charge in [0.1, 0.15) is 0 Å². The highest BCUT2D eigenvalue weighted by Crippen LogP contribution is 2.30. The van der Waals surface area contributed by atoms with Crippen LogP contribution in [0.5, 0.6) is 0 Å². The summed E-state index contributed by atoms with van der Waals surface area (Å²) in [5.74, 6) is 0. The average molecular weight is 226 g/mol. The number of benzene rings is 1. The molecule has 2 rings (SSSR count). The van der Waals surface area contributed by atoms with E-state index >= 15 is 0 Å². The third kappa shape index (κ3) is 1.85. The minimum Gasteiger partial charge on any atom is -0.326 e. The van der Waals surface area contributed by atoms with Crippen molar-refractivity contribution in [1.82, 2.24) is 0 Å². The van der Waals surface area contributed by atoms with Crippen molar-refractivity contribution >= 4 is 15.7 Å². The van der Waals surface area contributed by atoms with Gasteiger partial charge < -0.3 is 5.73 Å². The predicted octanol–water partition coefficient (Wildman–Crippen LogP) is 0.467. The first-order valence-electron chi connectivity index (χ1n) is 4.82. The Morgan fingerprint density at radius 3 is 2.80 bits per heavy atom. The summed E-state index contributed by atoms with van der Waals surface area (Å²) in [4.78, 5) is 0. The third-order valence-electron chi connectivity index (χ3n) is 2.63. The molecule has 1 aliphatic heterocycles. The van der Waals surface area contributed by atoms with E-state index in [0.717, 1.165) is 23.2 Å². The fourth-order valence-electron chi connectivity index (χ4n) is 1.90. The van der Waals surface area contributed by atoms with E-state index < -0.39 is 10.0 Å². The molecule has 1 heterocycles. The van der Waals surface area contributed by atoms with Crippen molar-refractivity contribution in [1.29, 1.82) is 0 Å². The van der Waals surface area contributed by atoms with E-state index in [4.69, 9.17) is 5.73 Å². The van der Waals surface area contributed by atoms with Crippen LogP contribution >= 0.6 is 0 Å². The Hall–Kier alpha value is -1.07. The molecule has 0 aromatic heterocycles. The fraction of sp³-hybridized carbons (Fsp3) is 0.400. The number of nitrogens with zero attached hydrogens (tertiary/aromatic N) is 1. The molecule has 2 N–H and O–H groups in total. The molecule has 15 heavy (non-hydrogen) atoms. The molecule has 0 unspecified atom stereocenters. The molecule has 1 aromatic carbocycles. The van der Waals surface area contributed by atoms with Crippen molar-refractivity contribution < 1.29 is 8.42 Å². The normalized spacial score (nSPS) is 15.5. The molecule has 0 bridgehead atoms. The second kappa shape index (κ2) is 3.50. The lowest BCUT2D eigenvalue weighted by Crippen LogP contribution is -2.27. The standard InChI is InChI=1S/C10H14N2O2S/c1-15(13,14)12-5-4-9-6-8(7-11)2-3-10(9)12/h2-3,6H,4-5,7,11H2,1H3. The van der Waals surface area contributed by atoms with Gasteiger partial charge in [-0.05, 0) is 23.6 Å². The molecule has 0 atom stereocenters. The number of sulfonamides is 1. The summed E-state index contributed by atoms with van der Waals surface area (Å²) in [6, 6.07) is 5.70. The molecule has 5 heteroatoms. The minimum absolute atomic E-state index is 0.492. The van der Waals surface area contributed by atoms with Crippen LogP contribution in [-0.2, 0) is 23.0 Å².